The van der Waals surface area contributed by atoms with Crippen LogP contribution in [0.3, 0.4) is 0 Å². The number of benzene rings is 3. The smallest absolute Gasteiger partial charge is 0.295 e. The quantitative estimate of drug-likeness (QED) is 0.288. The highest BCUT2D eigenvalue weighted by Crippen LogP contribution is 2.42. The van der Waals surface area contributed by atoms with Crippen LogP contribution in [0.2, 0.25) is 0 Å². The van der Waals surface area contributed by atoms with E-state index in [9.17, 15) is 14.7 Å². The fraction of sp³-hybridized carbons (Fsp3) is 0.267. The number of hydrogen-bond acceptors (Lipinski definition) is 6. The average molecular weight is 500 g/mol. The van der Waals surface area contributed by atoms with Crippen LogP contribution >= 0.6 is 0 Å². The fourth-order valence-corrected chi connectivity index (χ4v) is 5.10. The van der Waals surface area contributed by atoms with Crippen molar-refractivity contribution in [2.75, 3.05) is 20.8 Å². The Morgan fingerprint density at radius 2 is 1.76 bits per heavy atom. The average Bonchev–Trinajstić information content (AvgIpc) is 3.42. The third-order valence-corrected chi connectivity index (χ3v) is 6.92. The van der Waals surface area contributed by atoms with Crippen LogP contribution in [0, 0.1) is 0 Å². The molecule has 0 saturated carbocycles. The predicted molar refractivity (Wildman–Crippen MR) is 139 cm³/mol. The van der Waals surface area contributed by atoms with E-state index in [2.05, 4.69) is 0 Å². The number of methoxy groups -OCH3 is 2. The Hall–Kier alpha value is -4.26. The normalized spacial score (nSPS) is 20.0. The number of rotatable bonds is 7. The van der Waals surface area contributed by atoms with Gasteiger partial charge in [0.1, 0.15) is 17.6 Å². The highest BCUT2D eigenvalue weighted by molar-refractivity contribution is 6.46. The molecule has 37 heavy (non-hydrogen) atoms. The number of fused-ring (bicyclic) bond motifs is 1. The van der Waals surface area contributed by atoms with Crippen molar-refractivity contribution < 1.29 is 28.9 Å². The molecule has 1 N–H and O–H groups in total. The standard InChI is InChI=1S/C30H29NO6/c1-18-15-22-16-21(10-11-23(22)37-18)28(32)26-27(20-9-12-24(35-2)25(17-20)36-3)31(30(34)29(26)33)14-13-19-7-5-4-6-8-19/h4-12,16-18,27,32H,13-15H2,1-3H3/b28-26+/t18-,27+/m0/s1. The summed E-state index contributed by atoms with van der Waals surface area (Å²) in [5, 5.41) is 11.5. The summed E-state index contributed by atoms with van der Waals surface area (Å²) < 4.78 is 16.6. The summed E-state index contributed by atoms with van der Waals surface area (Å²) in [6.07, 6.45) is 1.31. The van der Waals surface area contributed by atoms with Gasteiger partial charge in [-0.25, -0.2) is 0 Å². The number of aliphatic hydroxyl groups is 1. The molecule has 0 aliphatic carbocycles. The van der Waals surface area contributed by atoms with E-state index in [1.807, 2.05) is 43.3 Å². The molecule has 190 valence electrons. The molecule has 0 aromatic heterocycles. The van der Waals surface area contributed by atoms with E-state index in [0.29, 0.717) is 42.0 Å². The molecule has 2 aliphatic heterocycles. The van der Waals surface area contributed by atoms with E-state index < -0.39 is 17.7 Å². The molecule has 0 unspecified atom stereocenters. The Balaban J connectivity index is 1.60. The van der Waals surface area contributed by atoms with Crippen LogP contribution in [0.5, 0.6) is 17.2 Å². The van der Waals surface area contributed by atoms with Crippen LogP contribution in [0.15, 0.2) is 72.3 Å². The van der Waals surface area contributed by atoms with Gasteiger partial charge in [0.15, 0.2) is 11.5 Å². The largest absolute Gasteiger partial charge is 0.507 e. The second-order valence-electron chi connectivity index (χ2n) is 9.30. The molecule has 0 spiro atoms. The van der Waals surface area contributed by atoms with E-state index in [4.69, 9.17) is 14.2 Å². The van der Waals surface area contributed by atoms with Crippen molar-refractivity contribution in [3.63, 3.8) is 0 Å². The van der Waals surface area contributed by atoms with Gasteiger partial charge in [0.2, 0.25) is 0 Å². The van der Waals surface area contributed by atoms with E-state index in [1.165, 1.54) is 12.0 Å². The lowest BCUT2D eigenvalue weighted by Gasteiger charge is -2.26. The lowest BCUT2D eigenvalue weighted by atomic mass is 9.94. The summed E-state index contributed by atoms with van der Waals surface area (Å²) in [7, 11) is 3.07. The Morgan fingerprint density at radius 1 is 1.00 bits per heavy atom. The highest BCUT2D eigenvalue weighted by atomic mass is 16.5. The molecule has 2 heterocycles. The number of ether oxygens (including phenoxy) is 3. The second-order valence-corrected chi connectivity index (χ2v) is 9.30. The predicted octanol–water partition coefficient (Wildman–Crippen LogP) is 4.69. The maximum Gasteiger partial charge on any atom is 0.295 e. The van der Waals surface area contributed by atoms with Crippen molar-refractivity contribution in [1.29, 1.82) is 0 Å². The fourth-order valence-electron chi connectivity index (χ4n) is 5.10. The van der Waals surface area contributed by atoms with Gasteiger partial charge >= 0.3 is 0 Å². The first-order chi connectivity index (χ1) is 17.9. The second kappa shape index (κ2) is 10.0. The topological polar surface area (TPSA) is 85.3 Å². The monoisotopic (exact) mass is 499 g/mol. The SMILES string of the molecule is COc1ccc([C@@H]2/C(=C(\O)c3ccc4c(c3)C[C@H](C)O4)C(=O)C(=O)N2CCc2ccccc2)cc1OC. The summed E-state index contributed by atoms with van der Waals surface area (Å²) in [6, 6.07) is 19.6. The minimum Gasteiger partial charge on any atom is -0.507 e. The van der Waals surface area contributed by atoms with Crippen LogP contribution in [0.4, 0.5) is 0 Å². The molecule has 0 radical (unpaired) electrons. The van der Waals surface area contributed by atoms with Crippen molar-refractivity contribution in [2.45, 2.75) is 31.9 Å². The summed E-state index contributed by atoms with van der Waals surface area (Å²) in [5.41, 5.74) is 3.17. The molecular weight excluding hydrogens is 470 g/mol. The Bertz CT molecular complexity index is 1380. The molecule has 7 nitrogen and oxygen atoms in total. The summed E-state index contributed by atoms with van der Waals surface area (Å²) in [5.74, 6) is 0.204. The summed E-state index contributed by atoms with van der Waals surface area (Å²) in [6.45, 7) is 2.29. The van der Waals surface area contributed by atoms with Crippen LogP contribution < -0.4 is 14.2 Å². The Kier molecular flexibility index (Phi) is 6.61. The van der Waals surface area contributed by atoms with Crippen molar-refractivity contribution in [3.8, 4) is 17.2 Å². The van der Waals surface area contributed by atoms with E-state index >= 15 is 0 Å². The number of carbonyl (C=O) groups excluding carboxylic acids is 2. The van der Waals surface area contributed by atoms with Gasteiger partial charge in [-0.15, -0.1) is 0 Å². The molecule has 1 fully saturated rings. The summed E-state index contributed by atoms with van der Waals surface area (Å²) in [4.78, 5) is 28.2. The minimum atomic E-state index is -0.785. The molecule has 2 atom stereocenters. The van der Waals surface area contributed by atoms with Crippen molar-refractivity contribution in [2.24, 2.45) is 0 Å². The first kappa shape index (κ1) is 24.4. The van der Waals surface area contributed by atoms with Gasteiger partial charge in [-0.05, 0) is 60.4 Å². The number of amides is 1. The molecule has 0 bridgehead atoms. The van der Waals surface area contributed by atoms with Gasteiger partial charge in [0.25, 0.3) is 11.7 Å². The van der Waals surface area contributed by atoms with Gasteiger partial charge in [0, 0.05) is 18.5 Å². The number of likely N-dealkylation sites (tertiary alicyclic amines) is 1. The zero-order valence-electron chi connectivity index (χ0n) is 21.1. The first-order valence-electron chi connectivity index (χ1n) is 12.3. The number of ketones is 1. The zero-order valence-corrected chi connectivity index (χ0v) is 21.1. The summed E-state index contributed by atoms with van der Waals surface area (Å²) >= 11 is 0. The number of hydrogen-bond donors (Lipinski definition) is 1. The first-order valence-corrected chi connectivity index (χ1v) is 12.3. The Morgan fingerprint density at radius 3 is 2.49 bits per heavy atom. The van der Waals surface area contributed by atoms with Gasteiger partial charge in [0.05, 0.1) is 25.8 Å². The molecule has 3 aromatic carbocycles. The molecule has 2 aliphatic rings. The van der Waals surface area contributed by atoms with Gasteiger partial charge in [-0.3, -0.25) is 9.59 Å². The molecule has 3 aromatic rings. The number of Topliss-reactive ketones (excluding diaryl/α,β-unsaturated/α-hetero) is 1. The minimum absolute atomic E-state index is 0.0442. The van der Waals surface area contributed by atoms with Gasteiger partial charge in [-0.2, -0.15) is 0 Å². The van der Waals surface area contributed by atoms with Crippen molar-refractivity contribution >= 4 is 17.4 Å². The molecule has 1 amide bonds. The third kappa shape index (κ3) is 4.53. The molecule has 5 rings (SSSR count). The van der Waals surface area contributed by atoms with Crippen LogP contribution in [-0.4, -0.2) is 48.6 Å². The van der Waals surface area contributed by atoms with Crippen LogP contribution in [-0.2, 0) is 22.4 Å². The molecule has 1 saturated heterocycles. The number of carbonyl (C=O) groups is 2. The lowest BCUT2D eigenvalue weighted by Crippen LogP contribution is -2.31. The highest BCUT2D eigenvalue weighted by Gasteiger charge is 2.46. The maximum atomic E-state index is 13.4. The van der Waals surface area contributed by atoms with Crippen LogP contribution in [0.1, 0.15) is 35.2 Å². The zero-order chi connectivity index (χ0) is 26.1. The lowest BCUT2D eigenvalue weighted by molar-refractivity contribution is -0.139. The number of aliphatic hydroxyl groups excluding tert-OH is 1. The maximum absolute atomic E-state index is 13.4. The third-order valence-electron chi connectivity index (χ3n) is 6.92. The Labute approximate surface area is 215 Å². The molecular formula is C30H29NO6. The van der Waals surface area contributed by atoms with Crippen molar-refractivity contribution in [1.82, 2.24) is 4.90 Å². The van der Waals surface area contributed by atoms with E-state index in [1.54, 1.807) is 37.4 Å². The van der Waals surface area contributed by atoms with E-state index in [-0.39, 0.29) is 17.4 Å². The van der Waals surface area contributed by atoms with Gasteiger partial charge < -0.3 is 24.2 Å². The van der Waals surface area contributed by atoms with Crippen molar-refractivity contribution in [3.05, 3.63) is 94.6 Å². The number of nitrogens with zero attached hydrogens (tertiary/aromatic N) is 1. The van der Waals surface area contributed by atoms with Gasteiger partial charge in [-0.1, -0.05) is 36.4 Å². The van der Waals surface area contributed by atoms with E-state index in [0.717, 1.165) is 16.9 Å². The van der Waals surface area contributed by atoms with Crippen LogP contribution in [0.25, 0.3) is 5.76 Å². The molecule has 7 heteroatoms.